The van der Waals surface area contributed by atoms with E-state index in [-0.39, 0.29) is 5.56 Å². The summed E-state index contributed by atoms with van der Waals surface area (Å²) in [5.41, 5.74) is 8.35. The van der Waals surface area contributed by atoms with Crippen LogP contribution in [0.5, 0.6) is 0 Å². The first-order valence-electron chi connectivity index (χ1n) is 11.2. The van der Waals surface area contributed by atoms with E-state index in [1.54, 1.807) is 24.1 Å². The summed E-state index contributed by atoms with van der Waals surface area (Å²) < 4.78 is 42.2. The fraction of sp³-hybridized carbons (Fsp3) is 0.360. The van der Waals surface area contributed by atoms with Crippen LogP contribution in [0, 0.1) is 13.8 Å². The van der Waals surface area contributed by atoms with Crippen molar-refractivity contribution in [2.75, 3.05) is 13.1 Å². The lowest BCUT2D eigenvalue weighted by atomic mass is 9.97. The second-order valence-corrected chi connectivity index (χ2v) is 8.71. The SMILES string of the molecule is Cc1c(C(C)/N=c2\nc(C)n(C)c3cnc(C4=CCN(C(N)=O)CC4)cc23)cccc1C(F)(F)F. The third-order valence-corrected chi connectivity index (χ3v) is 6.54. The van der Waals surface area contributed by atoms with Crippen LogP contribution in [0.4, 0.5) is 18.0 Å². The largest absolute Gasteiger partial charge is 0.416 e. The topological polar surface area (TPSA) is 89.4 Å². The zero-order valence-corrected chi connectivity index (χ0v) is 20.0. The summed E-state index contributed by atoms with van der Waals surface area (Å²) in [6.07, 6.45) is -0.144. The Morgan fingerprint density at radius 1 is 1.26 bits per heavy atom. The van der Waals surface area contributed by atoms with Crippen molar-refractivity contribution in [3.63, 3.8) is 0 Å². The van der Waals surface area contributed by atoms with Gasteiger partial charge in [-0.15, -0.1) is 0 Å². The van der Waals surface area contributed by atoms with E-state index in [2.05, 4.69) is 9.97 Å². The maximum Gasteiger partial charge on any atom is 0.416 e. The van der Waals surface area contributed by atoms with Crippen LogP contribution < -0.4 is 11.2 Å². The molecule has 0 saturated heterocycles. The molecule has 2 aromatic heterocycles. The first-order valence-corrected chi connectivity index (χ1v) is 11.2. The Kier molecular flexibility index (Phi) is 6.40. The molecule has 0 aliphatic carbocycles. The molecular weight excluding hydrogens is 457 g/mol. The Morgan fingerprint density at radius 2 is 2.00 bits per heavy atom. The van der Waals surface area contributed by atoms with Crippen LogP contribution in [0.2, 0.25) is 0 Å². The number of carbonyl (C=O) groups excluding carboxylic acids is 1. The van der Waals surface area contributed by atoms with Gasteiger partial charge >= 0.3 is 12.2 Å². The number of aryl methyl sites for hydroxylation is 2. The van der Waals surface area contributed by atoms with Gasteiger partial charge in [0.1, 0.15) is 5.82 Å². The Labute approximate surface area is 200 Å². The Bertz CT molecular complexity index is 1410. The lowest BCUT2D eigenvalue weighted by Crippen LogP contribution is -2.38. The number of halogens is 3. The fourth-order valence-electron chi connectivity index (χ4n) is 4.40. The molecule has 0 fully saturated rings. The minimum atomic E-state index is -4.43. The molecule has 7 nitrogen and oxygen atoms in total. The molecule has 3 aromatic rings. The number of hydrogen-bond donors (Lipinski definition) is 1. The van der Waals surface area contributed by atoms with Crippen molar-refractivity contribution in [3.05, 3.63) is 70.2 Å². The average molecular weight is 485 g/mol. The smallest absolute Gasteiger partial charge is 0.351 e. The van der Waals surface area contributed by atoms with Gasteiger partial charge in [-0.1, -0.05) is 18.2 Å². The van der Waals surface area contributed by atoms with E-state index in [0.717, 1.165) is 28.2 Å². The van der Waals surface area contributed by atoms with Crippen LogP contribution in [0.25, 0.3) is 16.5 Å². The average Bonchev–Trinajstić information content (AvgIpc) is 2.81. The normalized spacial score (nSPS) is 15.9. The standard InChI is InChI=1S/C25H27F3N6O/c1-14-18(6-5-7-20(14)25(26,27)28)15(2)31-23-19-12-21(17-8-10-34(11-9-17)24(29)35)30-13-22(19)33(4)16(3)32-23/h5-8,12-13,15H,9-11H2,1-4H3,(H2,29,35)/b31-23-. The molecule has 3 heterocycles. The zero-order chi connectivity index (χ0) is 25.5. The molecular formula is C25H27F3N6O. The van der Waals surface area contributed by atoms with Crippen molar-refractivity contribution in [3.8, 4) is 0 Å². The summed E-state index contributed by atoms with van der Waals surface area (Å²) in [6.45, 7) is 5.99. The van der Waals surface area contributed by atoms with Crippen molar-refractivity contribution in [1.29, 1.82) is 0 Å². The summed E-state index contributed by atoms with van der Waals surface area (Å²) in [7, 11) is 1.88. The highest BCUT2D eigenvalue weighted by molar-refractivity contribution is 5.81. The molecule has 184 valence electrons. The van der Waals surface area contributed by atoms with Gasteiger partial charge in [0.15, 0.2) is 5.49 Å². The van der Waals surface area contributed by atoms with E-state index in [0.29, 0.717) is 36.4 Å². The van der Waals surface area contributed by atoms with Gasteiger partial charge in [-0.05, 0) is 56.0 Å². The summed E-state index contributed by atoms with van der Waals surface area (Å²) in [6, 6.07) is 5.06. The van der Waals surface area contributed by atoms with Gasteiger partial charge < -0.3 is 15.2 Å². The van der Waals surface area contributed by atoms with Crippen LogP contribution in [-0.4, -0.2) is 38.6 Å². The number of hydrogen-bond acceptors (Lipinski definition) is 4. The predicted molar refractivity (Wildman–Crippen MR) is 127 cm³/mol. The van der Waals surface area contributed by atoms with Gasteiger partial charge in [0.2, 0.25) is 0 Å². The summed E-state index contributed by atoms with van der Waals surface area (Å²) in [5, 5.41) is 0.748. The fourth-order valence-corrected chi connectivity index (χ4v) is 4.40. The predicted octanol–water partition coefficient (Wildman–Crippen LogP) is 4.43. The molecule has 4 rings (SSSR count). The summed E-state index contributed by atoms with van der Waals surface area (Å²) in [4.78, 5) is 27.0. The third-order valence-electron chi connectivity index (χ3n) is 6.54. The van der Waals surface area contributed by atoms with E-state index >= 15 is 0 Å². The van der Waals surface area contributed by atoms with E-state index in [1.807, 2.05) is 30.7 Å². The number of alkyl halides is 3. The second-order valence-electron chi connectivity index (χ2n) is 8.71. The van der Waals surface area contributed by atoms with Crippen molar-refractivity contribution in [2.24, 2.45) is 17.8 Å². The maximum absolute atomic E-state index is 13.4. The Balaban J connectivity index is 1.83. The number of nitrogens with two attached hydrogens (primary N) is 1. The van der Waals surface area contributed by atoms with Crippen molar-refractivity contribution in [2.45, 2.75) is 39.4 Å². The summed E-state index contributed by atoms with van der Waals surface area (Å²) >= 11 is 0. The zero-order valence-electron chi connectivity index (χ0n) is 20.0. The molecule has 1 aliphatic heterocycles. The van der Waals surface area contributed by atoms with Gasteiger partial charge in [0.25, 0.3) is 0 Å². The van der Waals surface area contributed by atoms with Crippen molar-refractivity contribution in [1.82, 2.24) is 19.4 Å². The van der Waals surface area contributed by atoms with Crippen LogP contribution in [0.1, 0.15) is 47.6 Å². The van der Waals surface area contributed by atoms with E-state index < -0.39 is 23.8 Å². The van der Waals surface area contributed by atoms with Crippen molar-refractivity contribution < 1.29 is 18.0 Å². The summed E-state index contributed by atoms with van der Waals surface area (Å²) in [5.74, 6) is 0.702. The lowest BCUT2D eigenvalue weighted by molar-refractivity contribution is -0.138. The van der Waals surface area contributed by atoms with Gasteiger partial charge in [-0.3, -0.25) is 9.98 Å². The maximum atomic E-state index is 13.4. The Hall–Kier alpha value is -3.69. The van der Waals surface area contributed by atoms with Gasteiger partial charge in [0.05, 0.1) is 29.0 Å². The third kappa shape index (κ3) is 4.78. The molecule has 0 radical (unpaired) electrons. The number of primary amides is 1. The molecule has 2 amide bonds. The highest BCUT2D eigenvalue weighted by atomic mass is 19.4. The molecule has 1 aliphatic rings. The minimum absolute atomic E-state index is 0.160. The molecule has 10 heteroatoms. The highest BCUT2D eigenvalue weighted by Gasteiger charge is 2.33. The molecule has 0 bridgehead atoms. The first kappa shape index (κ1) is 24.4. The number of rotatable bonds is 3. The van der Waals surface area contributed by atoms with Gasteiger partial charge in [0, 0.05) is 25.5 Å². The number of pyridine rings is 1. The number of urea groups is 1. The van der Waals surface area contributed by atoms with Crippen molar-refractivity contribution >= 4 is 22.5 Å². The number of fused-ring (bicyclic) bond motifs is 1. The molecule has 1 aromatic carbocycles. The molecule has 1 unspecified atom stereocenters. The molecule has 0 saturated carbocycles. The van der Waals surface area contributed by atoms with E-state index in [1.165, 1.54) is 13.0 Å². The highest BCUT2D eigenvalue weighted by Crippen LogP contribution is 2.35. The van der Waals surface area contributed by atoms with Crippen LogP contribution in [-0.2, 0) is 13.2 Å². The number of nitrogens with zero attached hydrogens (tertiary/aromatic N) is 5. The quantitative estimate of drug-likeness (QED) is 0.596. The minimum Gasteiger partial charge on any atom is -0.351 e. The lowest BCUT2D eigenvalue weighted by Gasteiger charge is -2.24. The number of carbonyl (C=O) groups is 1. The second kappa shape index (κ2) is 9.16. The monoisotopic (exact) mass is 484 g/mol. The number of benzene rings is 1. The van der Waals surface area contributed by atoms with Crippen LogP contribution in [0.15, 0.2) is 41.5 Å². The number of amides is 2. The Morgan fingerprint density at radius 3 is 2.63 bits per heavy atom. The van der Waals surface area contributed by atoms with Crippen LogP contribution in [0.3, 0.4) is 0 Å². The molecule has 1 atom stereocenters. The van der Waals surface area contributed by atoms with E-state index in [4.69, 9.17) is 10.7 Å². The van der Waals surface area contributed by atoms with Gasteiger partial charge in [-0.25, -0.2) is 9.78 Å². The van der Waals surface area contributed by atoms with E-state index in [9.17, 15) is 18.0 Å². The first-order chi connectivity index (χ1) is 16.5. The molecule has 35 heavy (non-hydrogen) atoms. The van der Waals surface area contributed by atoms with Crippen LogP contribution >= 0.6 is 0 Å². The number of aromatic nitrogens is 3. The van der Waals surface area contributed by atoms with Gasteiger partial charge in [-0.2, -0.15) is 13.2 Å². The molecule has 0 spiro atoms. The molecule has 2 N–H and O–H groups in total.